The van der Waals surface area contributed by atoms with Gasteiger partial charge in [0.1, 0.15) is 11.3 Å². The van der Waals surface area contributed by atoms with Crippen molar-refractivity contribution in [1.29, 1.82) is 5.41 Å². The zero-order valence-corrected chi connectivity index (χ0v) is 9.31. The van der Waals surface area contributed by atoms with E-state index in [0.717, 1.165) is 6.42 Å². The van der Waals surface area contributed by atoms with Crippen molar-refractivity contribution in [3.63, 3.8) is 0 Å². The fraction of sp³-hybridized carbons (Fsp3) is 0.700. The predicted octanol–water partition coefficient (Wildman–Crippen LogP) is 1.25. The summed E-state index contributed by atoms with van der Waals surface area (Å²) in [6.07, 6.45) is 1.31. The Balaban J connectivity index is 3.11. The molecule has 3 N–H and O–H groups in total. The molecule has 84 valence electrons. The molecule has 2 atom stereocenters. The average molecular weight is 211 g/mol. The number of urea groups is 1. The van der Waals surface area contributed by atoms with Gasteiger partial charge in [-0.1, -0.05) is 27.2 Å². The van der Waals surface area contributed by atoms with Gasteiger partial charge in [-0.25, -0.2) is 4.79 Å². The Morgan fingerprint density at radius 3 is 2.33 bits per heavy atom. The van der Waals surface area contributed by atoms with Crippen LogP contribution in [0.4, 0.5) is 4.79 Å². The van der Waals surface area contributed by atoms with Crippen molar-refractivity contribution in [2.24, 2.45) is 11.3 Å². The topological polar surface area (TPSA) is 82.1 Å². The molecule has 3 amide bonds. The average Bonchev–Trinajstić information content (AvgIpc) is 2.17. The molecule has 1 heterocycles. The second kappa shape index (κ2) is 4.00. The zero-order valence-electron chi connectivity index (χ0n) is 9.31. The van der Waals surface area contributed by atoms with Gasteiger partial charge in [0.2, 0.25) is 5.91 Å². The highest BCUT2D eigenvalue weighted by molar-refractivity contribution is 6.20. The third-order valence-corrected chi connectivity index (χ3v) is 3.33. The van der Waals surface area contributed by atoms with Gasteiger partial charge < -0.3 is 0 Å². The molecule has 0 radical (unpaired) electrons. The molecule has 5 heteroatoms. The molecular formula is C10H17N3O2. The van der Waals surface area contributed by atoms with Gasteiger partial charge in [0, 0.05) is 0 Å². The molecule has 0 aliphatic carbocycles. The van der Waals surface area contributed by atoms with Crippen molar-refractivity contribution in [3.8, 4) is 0 Å². The number of hydrogen-bond acceptors (Lipinski definition) is 3. The summed E-state index contributed by atoms with van der Waals surface area (Å²) in [6.45, 7) is 5.76. The molecule has 1 aliphatic heterocycles. The third-order valence-electron chi connectivity index (χ3n) is 3.33. The summed E-state index contributed by atoms with van der Waals surface area (Å²) in [6, 6.07) is -0.600. The lowest BCUT2D eigenvalue weighted by molar-refractivity contribution is -0.129. The summed E-state index contributed by atoms with van der Waals surface area (Å²) in [5.74, 6) is -0.295. The maximum absolute atomic E-state index is 11.9. The Hall–Kier alpha value is -1.39. The summed E-state index contributed by atoms with van der Waals surface area (Å²) < 4.78 is 0. The number of imide groups is 1. The minimum Gasteiger partial charge on any atom is -0.295 e. The van der Waals surface area contributed by atoms with Gasteiger partial charge in [-0.05, 0) is 12.3 Å². The van der Waals surface area contributed by atoms with Crippen molar-refractivity contribution >= 4 is 17.8 Å². The number of hydrogen-bond donors (Lipinski definition) is 3. The maximum Gasteiger partial charge on any atom is 0.326 e. The Labute approximate surface area is 89.1 Å². The zero-order chi connectivity index (χ0) is 11.6. The SMILES string of the molecule is CC[C@@H](C)[C@]1(CC)C(=N)NC(=O)NC1=O. The van der Waals surface area contributed by atoms with Gasteiger partial charge in [-0.2, -0.15) is 0 Å². The molecule has 1 rings (SSSR count). The normalized spacial score (nSPS) is 28.3. The van der Waals surface area contributed by atoms with Crippen LogP contribution in [0.5, 0.6) is 0 Å². The Kier molecular flexibility index (Phi) is 3.12. The van der Waals surface area contributed by atoms with Gasteiger partial charge in [0.15, 0.2) is 0 Å². The van der Waals surface area contributed by atoms with E-state index >= 15 is 0 Å². The van der Waals surface area contributed by atoms with Crippen LogP contribution in [0.25, 0.3) is 0 Å². The van der Waals surface area contributed by atoms with Gasteiger partial charge >= 0.3 is 6.03 Å². The van der Waals surface area contributed by atoms with Gasteiger partial charge in [0.05, 0.1) is 0 Å². The minimum absolute atomic E-state index is 0.0214. The quantitative estimate of drug-likeness (QED) is 0.656. The van der Waals surface area contributed by atoms with Crippen LogP contribution in [-0.4, -0.2) is 17.8 Å². The molecule has 1 fully saturated rings. The maximum atomic E-state index is 11.9. The second-order valence-corrected chi connectivity index (χ2v) is 3.92. The smallest absolute Gasteiger partial charge is 0.295 e. The number of amides is 3. The lowest BCUT2D eigenvalue weighted by Gasteiger charge is -2.39. The summed E-state index contributed by atoms with van der Waals surface area (Å²) in [5.41, 5.74) is -0.872. The fourth-order valence-corrected chi connectivity index (χ4v) is 2.09. The van der Waals surface area contributed by atoms with E-state index in [1.165, 1.54) is 0 Å². The van der Waals surface area contributed by atoms with E-state index in [1.807, 2.05) is 20.8 Å². The Morgan fingerprint density at radius 2 is 1.93 bits per heavy atom. The number of nitrogens with one attached hydrogen (secondary N) is 3. The highest BCUT2D eigenvalue weighted by Crippen LogP contribution is 2.35. The Morgan fingerprint density at radius 1 is 1.33 bits per heavy atom. The number of rotatable bonds is 3. The molecule has 0 unspecified atom stereocenters. The number of carbonyl (C=O) groups excluding carboxylic acids is 2. The van der Waals surface area contributed by atoms with Crippen LogP contribution in [-0.2, 0) is 4.79 Å². The van der Waals surface area contributed by atoms with Crippen LogP contribution in [0.2, 0.25) is 0 Å². The minimum atomic E-state index is -0.872. The summed E-state index contributed by atoms with van der Waals surface area (Å²) in [5, 5.41) is 12.4. The first-order valence-electron chi connectivity index (χ1n) is 5.20. The highest BCUT2D eigenvalue weighted by atomic mass is 16.2. The monoisotopic (exact) mass is 211 g/mol. The highest BCUT2D eigenvalue weighted by Gasteiger charge is 2.49. The van der Waals surface area contributed by atoms with Crippen LogP contribution in [0.15, 0.2) is 0 Å². The fourth-order valence-electron chi connectivity index (χ4n) is 2.09. The van der Waals surface area contributed by atoms with E-state index in [0.29, 0.717) is 6.42 Å². The first-order valence-corrected chi connectivity index (χ1v) is 5.20. The third kappa shape index (κ3) is 1.62. The van der Waals surface area contributed by atoms with E-state index in [9.17, 15) is 9.59 Å². The van der Waals surface area contributed by atoms with Crippen LogP contribution in [0, 0.1) is 16.7 Å². The van der Waals surface area contributed by atoms with Crippen molar-refractivity contribution in [3.05, 3.63) is 0 Å². The van der Waals surface area contributed by atoms with E-state index in [-0.39, 0.29) is 17.7 Å². The molecular weight excluding hydrogens is 194 g/mol. The van der Waals surface area contributed by atoms with E-state index in [2.05, 4.69) is 10.6 Å². The summed E-state index contributed by atoms with van der Waals surface area (Å²) in [7, 11) is 0. The van der Waals surface area contributed by atoms with Crippen LogP contribution in [0.3, 0.4) is 0 Å². The molecule has 0 saturated carbocycles. The Bertz CT molecular complexity index is 292. The van der Waals surface area contributed by atoms with Crippen molar-refractivity contribution in [2.45, 2.75) is 33.6 Å². The van der Waals surface area contributed by atoms with Gasteiger partial charge in [-0.15, -0.1) is 0 Å². The van der Waals surface area contributed by atoms with Crippen molar-refractivity contribution in [1.82, 2.24) is 10.6 Å². The number of carbonyl (C=O) groups is 2. The lowest BCUT2D eigenvalue weighted by Crippen LogP contribution is -2.64. The first kappa shape index (κ1) is 11.7. The molecule has 5 nitrogen and oxygen atoms in total. The molecule has 1 saturated heterocycles. The van der Waals surface area contributed by atoms with Crippen LogP contribution in [0.1, 0.15) is 33.6 Å². The van der Waals surface area contributed by atoms with Crippen molar-refractivity contribution < 1.29 is 9.59 Å². The lowest BCUT2D eigenvalue weighted by atomic mass is 9.70. The summed E-state index contributed by atoms with van der Waals surface area (Å²) >= 11 is 0. The molecule has 0 aromatic heterocycles. The molecule has 0 aromatic carbocycles. The molecule has 0 aromatic rings. The van der Waals surface area contributed by atoms with E-state index in [1.54, 1.807) is 0 Å². The predicted molar refractivity (Wildman–Crippen MR) is 56.6 cm³/mol. The second-order valence-electron chi connectivity index (χ2n) is 3.92. The van der Waals surface area contributed by atoms with Gasteiger partial charge in [0.25, 0.3) is 0 Å². The molecule has 1 aliphatic rings. The van der Waals surface area contributed by atoms with E-state index in [4.69, 9.17) is 5.41 Å². The van der Waals surface area contributed by atoms with Gasteiger partial charge in [-0.3, -0.25) is 20.8 Å². The van der Waals surface area contributed by atoms with E-state index < -0.39 is 11.4 Å². The molecule has 0 spiro atoms. The largest absolute Gasteiger partial charge is 0.326 e. The number of amidine groups is 1. The molecule has 0 bridgehead atoms. The van der Waals surface area contributed by atoms with Crippen LogP contribution >= 0.6 is 0 Å². The standard InChI is InChI=1S/C10H17N3O2/c1-4-6(3)10(5-2)7(11)12-9(15)13-8(10)14/h6H,4-5H2,1-3H3,(H3,11,12,13,14,15)/t6-,10-/m1/s1. The van der Waals surface area contributed by atoms with Crippen LogP contribution < -0.4 is 10.6 Å². The first-order chi connectivity index (χ1) is 6.98. The summed E-state index contributed by atoms with van der Waals surface area (Å²) in [4.78, 5) is 22.9. The van der Waals surface area contributed by atoms with Crippen molar-refractivity contribution in [2.75, 3.05) is 0 Å². The molecule has 15 heavy (non-hydrogen) atoms.